The molecule has 2 unspecified atom stereocenters. The van der Waals surface area contributed by atoms with E-state index in [4.69, 9.17) is 19.4 Å². The zero-order valence-corrected chi connectivity index (χ0v) is 29.8. The molecule has 0 spiro atoms. The normalized spacial score (nSPS) is 16.3. The fourth-order valence-corrected chi connectivity index (χ4v) is 8.14. The molecule has 0 fully saturated rings. The summed E-state index contributed by atoms with van der Waals surface area (Å²) >= 11 is 0. The number of hydrogen-bond donors (Lipinski definition) is 0. The minimum atomic E-state index is 0.242. The van der Waals surface area contributed by atoms with Crippen LogP contribution < -0.4 is 0 Å². The number of aromatic nitrogens is 3. The van der Waals surface area contributed by atoms with E-state index < -0.39 is 0 Å². The van der Waals surface area contributed by atoms with Crippen LogP contribution in [0.4, 0.5) is 0 Å². The maximum absolute atomic E-state index is 6.57. The lowest BCUT2D eigenvalue weighted by Gasteiger charge is -2.22. The fraction of sp³-hybridized carbons (Fsp3) is 0.0392. The lowest BCUT2D eigenvalue weighted by Crippen LogP contribution is -2.12. The lowest BCUT2D eigenvalue weighted by atomic mass is 9.83. The van der Waals surface area contributed by atoms with E-state index in [9.17, 15) is 0 Å². The van der Waals surface area contributed by atoms with Gasteiger partial charge in [0.05, 0.1) is 0 Å². The van der Waals surface area contributed by atoms with E-state index in [0.29, 0.717) is 23.4 Å². The second kappa shape index (κ2) is 12.8. The summed E-state index contributed by atoms with van der Waals surface area (Å²) in [4.78, 5) is 15.8. The van der Waals surface area contributed by atoms with Crippen LogP contribution in [0, 0.1) is 11.8 Å². The minimum absolute atomic E-state index is 0.242. The van der Waals surface area contributed by atoms with Crippen LogP contribution in [-0.4, -0.2) is 15.0 Å². The van der Waals surface area contributed by atoms with Crippen molar-refractivity contribution in [3.63, 3.8) is 0 Å². The molecule has 0 N–H and O–H groups in total. The highest BCUT2D eigenvalue weighted by Crippen LogP contribution is 2.41. The Morgan fingerprint density at radius 1 is 0.418 bits per heavy atom. The van der Waals surface area contributed by atoms with Gasteiger partial charge in [0.1, 0.15) is 11.2 Å². The Bertz CT molecular complexity index is 3110. The van der Waals surface area contributed by atoms with Crippen LogP contribution in [-0.2, 0) is 0 Å². The number of hydrogen-bond acceptors (Lipinski definition) is 4. The number of para-hydroxylation sites is 1. The van der Waals surface area contributed by atoms with Crippen molar-refractivity contribution < 1.29 is 4.42 Å². The van der Waals surface area contributed by atoms with E-state index in [1.807, 2.05) is 12.1 Å². The van der Waals surface area contributed by atoms with Gasteiger partial charge in [-0.05, 0) is 80.2 Å². The molecular weight excluding hydrogens is 671 g/mol. The first-order valence-electron chi connectivity index (χ1n) is 18.8. The largest absolute Gasteiger partial charge is 0.456 e. The number of allylic oxidation sites excluding steroid dienone is 8. The third-order valence-corrected chi connectivity index (χ3v) is 11.0. The topological polar surface area (TPSA) is 51.8 Å². The molecule has 0 aliphatic heterocycles. The van der Waals surface area contributed by atoms with Gasteiger partial charge in [-0.2, -0.15) is 0 Å². The Morgan fingerprint density at radius 2 is 1.07 bits per heavy atom. The van der Waals surface area contributed by atoms with E-state index in [-0.39, 0.29) is 5.92 Å². The number of furan rings is 1. The van der Waals surface area contributed by atoms with Crippen molar-refractivity contribution in [2.75, 3.05) is 0 Å². The molecule has 0 amide bonds. The Labute approximate surface area is 318 Å². The van der Waals surface area contributed by atoms with E-state index in [1.54, 1.807) is 0 Å². The molecule has 2 heterocycles. The van der Waals surface area contributed by atoms with Crippen LogP contribution in [0.2, 0.25) is 0 Å². The second-order valence-corrected chi connectivity index (χ2v) is 14.4. The summed E-state index contributed by atoms with van der Waals surface area (Å²) in [6.07, 6.45) is 15.4. The third kappa shape index (κ3) is 5.58. The molecule has 0 saturated carbocycles. The Hall–Kier alpha value is -7.17. The molecule has 2 aliphatic carbocycles. The molecule has 4 nitrogen and oxygen atoms in total. The van der Waals surface area contributed by atoms with Crippen LogP contribution in [0.15, 0.2) is 193 Å². The van der Waals surface area contributed by atoms with Gasteiger partial charge in [0, 0.05) is 39.3 Å². The predicted molar refractivity (Wildman–Crippen MR) is 226 cm³/mol. The summed E-state index contributed by atoms with van der Waals surface area (Å²) < 4.78 is 6.57. The van der Waals surface area contributed by atoms with Crippen molar-refractivity contribution in [1.29, 1.82) is 0 Å². The molecule has 258 valence electrons. The first-order valence-corrected chi connectivity index (χ1v) is 18.8. The second-order valence-electron chi connectivity index (χ2n) is 14.4. The zero-order valence-electron chi connectivity index (χ0n) is 29.8. The third-order valence-electron chi connectivity index (χ3n) is 11.0. The van der Waals surface area contributed by atoms with Gasteiger partial charge in [0.2, 0.25) is 0 Å². The minimum Gasteiger partial charge on any atom is -0.456 e. The van der Waals surface area contributed by atoms with E-state index in [2.05, 4.69) is 176 Å². The fourth-order valence-electron chi connectivity index (χ4n) is 8.14. The number of fused-ring (bicyclic) bond motifs is 6. The highest BCUT2D eigenvalue weighted by Gasteiger charge is 2.23. The predicted octanol–water partition coefficient (Wildman–Crippen LogP) is 13.1. The van der Waals surface area contributed by atoms with E-state index in [1.165, 1.54) is 21.9 Å². The Kier molecular flexibility index (Phi) is 7.27. The molecule has 4 heteroatoms. The number of benzene rings is 7. The van der Waals surface area contributed by atoms with Gasteiger partial charge in [-0.25, -0.2) is 15.0 Å². The van der Waals surface area contributed by atoms with Gasteiger partial charge < -0.3 is 4.42 Å². The summed E-state index contributed by atoms with van der Waals surface area (Å²) in [5.74, 6) is 2.44. The monoisotopic (exact) mass is 703 g/mol. The molecule has 7 aromatic carbocycles. The van der Waals surface area contributed by atoms with E-state index in [0.717, 1.165) is 60.5 Å². The quantitative estimate of drug-likeness (QED) is 0.179. The lowest BCUT2D eigenvalue weighted by molar-refractivity contribution is 0.662. The van der Waals surface area contributed by atoms with Crippen molar-refractivity contribution in [1.82, 2.24) is 15.0 Å². The van der Waals surface area contributed by atoms with Crippen molar-refractivity contribution in [2.24, 2.45) is 11.8 Å². The summed E-state index contributed by atoms with van der Waals surface area (Å²) in [6.45, 7) is 0. The summed E-state index contributed by atoms with van der Waals surface area (Å²) in [6, 6.07) is 51.3. The smallest absolute Gasteiger partial charge is 0.164 e. The summed E-state index contributed by atoms with van der Waals surface area (Å²) in [7, 11) is 0. The van der Waals surface area contributed by atoms with Gasteiger partial charge in [0.15, 0.2) is 17.5 Å². The van der Waals surface area contributed by atoms with E-state index >= 15 is 0 Å². The van der Waals surface area contributed by atoms with Gasteiger partial charge in [-0.1, -0.05) is 152 Å². The van der Waals surface area contributed by atoms with Crippen molar-refractivity contribution in [3.8, 4) is 45.0 Å². The zero-order chi connectivity index (χ0) is 36.3. The maximum Gasteiger partial charge on any atom is 0.164 e. The molecule has 0 saturated heterocycles. The van der Waals surface area contributed by atoms with Crippen LogP contribution >= 0.6 is 0 Å². The van der Waals surface area contributed by atoms with Gasteiger partial charge >= 0.3 is 0 Å². The molecule has 2 atom stereocenters. The average molecular weight is 704 g/mol. The number of rotatable bonds is 5. The summed E-state index contributed by atoms with van der Waals surface area (Å²) in [5.41, 5.74) is 8.93. The first-order chi connectivity index (χ1) is 27.2. The molecule has 9 aromatic rings. The van der Waals surface area contributed by atoms with Gasteiger partial charge in [-0.15, -0.1) is 0 Å². The molecular formula is C51H33N3O. The van der Waals surface area contributed by atoms with Crippen LogP contribution in [0.5, 0.6) is 0 Å². The Balaban J connectivity index is 1.14. The molecule has 0 bridgehead atoms. The van der Waals surface area contributed by atoms with Gasteiger partial charge in [-0.3, -0.25) is 0 Å². The standard InChI is InChI=1S/C51H33N3O/c1-2-10-32(11-3-1)38-22-19-35-21-25-41(29-42(35)28-38)50-52-49(40-24-20-34-13-5-7-15-37(34)27-40)53-51(54-50)45-30-43(39-23-18-33-12-4-6-14-36(33)26-39)31-47-48(45)44-16-8-9-17-46(44)55-47/h1-31,34,37H. The SMILES string of the molecule is C1=CC2C=CC(c3nc(-c4ccc5ccc(-c6ccccc6)cc5c4)nc(-c4cc(-c5ccc6ccccc6c5)cc5oc6ccccc6c45)n3)=CC2C=C1. The first kappa shape index (κ1) is 31.4. The Morgan fingerprint density at radius 3 is 1.95 bits per heavy atom. The van der Waals surface area contributed by atoms with Gasteiger partial charge in [0.25, 0.3) is 0 Å². The molecule has 11 rings (SSSR count). The number of nitrogens with zero attached hydrogens (tertiary/aromatic N) is 3. The molecule has 2 aromatic heterocycles. The van der Waals surface area contributed by atoms with Crippen LogP contribution in [0.25, 0.3) is 94.1 Å². The highest BCUT2D eigenvalue weighted by molar-refractivity contribution is 6.13. The average Bonchev–Trinajstić information content (AvgIpc) is 3.64. The van der Waals surface area contributed by atoms with Crippen molar-refractivity contribution in [3.05, 3.63) is 194 Å². The maximum atomic E-state index is 6.57. The highest BCUT2D eigenvalue weighted by atomic mass is 16.3. The molecule has 0 radical (unpaired) electrons. The summed E-state index contributed by atoms with van der Waals surface area (Å²) in [5, 5.41) is 6.69. The molecule has 55 heavy (non-hydrogen) atoms. The van der Waals surface area contributed by atoms with Crippen molar-refractivity contribution >= 4 is 49.1 Å². The van der Waals surface area contributed by atoms with Crippen molar-refractivity contribution in [2.45, 2.75) is 0 Å². The van der Waals surface area contributed by atoms with Crippen LogP contribution in [0.1, 0.15) is 5.82 Å². The molecule has 2 aliphatic rings. The van der Waals surface area contributed by atoms with Crippen LogP contribution in [0.3, 0.4) is 0 Å².